The monoisotopic (exact) mass is 290 g/mol. The summed E-state index contributed by atoms with van der Waals surface area (Å²) in [6.07, 6.45) is 10.1. The SMILES string of the molecule is C[C@@]12CCC[C@H]1[C@@H]1CC[C@H]3CC(=O)CC(O)[C@]3(C)[C@H]1CC2. The van der Waals surface area contributed by atoms with E-state index in [4.69, 9.17) is 0 Å². The van der Waals surface area contributed by atoms with Gasteiger partial charge in [-0.3, -0.25) is 4.79 Å². The highest BCUT2D eigenvalue weighted by atomic mass is 16.3. The van der Waals surface area contributed by atoms with Gasteiger partial charge in [0, 0.05) is 18.3 Å². The molecule has 4 rings (SSSR count). The Hall–Kier alpha value is -0.370. The van der Waals surface area contributed by atoms with Gasteiger partial charge in [0.05, 0.1) is 6.10 Å². The summed E-state index contributed by atoms with van der Waals surface area (Å²) in [7, 11) is 0. The molecule has 21 heavy (non-hydrogen) atoms. The second kappa shape index (κ2) is 4.57. The molecule has 0 amide bonds. The summed E-state index contributed by atoms with van der Waals surface area (Å²) >= 11 is 0. The van der Waals surface area contributed by atoms with Crippen molar-refractivity contribution < 1.29 is 9.90 Å². The maximum absolute atomic E-state index is 11.9. The van der Waals surface area contributed by atoms with E-state index in [1.807, 2.05) is 0 Å². The summed E-state index contributed by atoms with van der Waals surface area (Å²) in [5, 5.41) is 10.8. The molecule has 0 aromatic rings. The number of fused-ring (bicyclic) bond motifs is 5. The minimum absolute atomic E-state index is 0.0146. The fourth-order valence-electron chi connectivity index (χ4n) is 7.10. The van der Waals surface area contributed by atoms with Crippen LogP contribution in [-0.2, 0) is 4.79 Å². The van der Waals surface area contributed by atoms with E-state index in [1.165, 1.54) is 44.9 Å². The first-order chi connectivity index (χ1) is 9.95. The second-order valence-electron chi connectivity index (χ2n) is 9.06. The van der Waals surface area contributed by atoms with Crippen molar-refractivity contribution in [3.63, 3.8) is 0 Å². The van der Waals surface area contributed by atoms with Crippen LogP contribution >= 0.6 is 0 Å². The van der Waals surface area contributed by atoms with E-state index in [0.29, 0.717) is 29.5 Å². The van der Waals surface area contributed by atoms with Crippen LogP contribution in [0.4, 0.5) is 0 Å². The van der Waals surface area contributed by atoms with Crippen molar-refractivity contribution in [2.45, 2.75) is 77.7 Å². The van der Waals surface area contributed by atoms with E-state index in [-0.39, 0.29) is 11.5 Å². The van der Waals surface area contributed by atoms with Gasteiger partial charge in [0.25, 0.3) is 0 Å². The summed E-state index contributed by atoms with van der Waals surface area (Å²) in [6, 6.07) is 0. The molecule has 0 saturated heterocycles. The minimum atomic E-state index is -0.387. The number of ketones is 1. The average Bonchev–Trinajstić information content (AvgIpc) is 2.82. The molecule has 0 bridgehead atoms. The Morgan fingerprint density at radius 1 is 1.00 bits per heavy atom. The summed E-state index contributed by atoms with van der Waals surface area (Å²) in [4.78, 5) is 11.9. The van der Waals surface area contributed by atoms with Crippen molar-refractivity contribution in [2.24, 2.45) is 34.5 Å². The third kappa shape index (κ3) is 1.84. The number of aliphatic hydroxyl groups is 1. The van der Waals surface area contributed by atoms with E-state index in [0.717, 1.165) is 18.3 Å². The Morgan fingerprint density at radius 2 is 1.81 bits per heavy atom. The number of aliphatic hydroxyl groups excluding tert-OH is 1. The number of carbonyl (C=O) groups is 1. The lowest BCUT2D eigenvalue weighted by molar-refractivity contribution is -0.168. The Morgan fingerprint density at radius 3 is 2.62 bits per heavy atom. The van der Waals surface area contributed by atoms with Gasteiger partial charge in [-0.25, -0.2) is 0 Å². The predicted octanol–water partition coefficient (Wildman–Crippen LogP) is 3.96. The van der Waals surface area contributed by atoms with Gasteiger partial charge in [0.2, 0.25) is 0 Å². The molecule has 0 heterocycles. The van der Waals surface area contributed by atoms with Gasteiger partial charge >= 0.3 is 0 Å². The molecule has 4 saturated carbocycles. The van der Waals surface area contributed by atoms with Crippen molar-refractivity contribution in [1.82, 2.24) is 0 Å². The van der Waals surface area contributed by atoms with Crippen molar-refractivity contribution in [1.29, 1.82) is 0 Å². The molecule has 1 unspecified atom stereocenters. The first kappa shape index (κ1) is 14.2. The topological polar surface area (TPSA) is 37.3 Å². The van der Waals surface area contributed by atoms with E-state index < -0.39 is 0 Å². The third-order valence-electron chi connectivity index (χ3n) is 8.36. The van der Waals surface area contributed by atoms with Gasteiger partial charge in [-0.15, -0.1) is 0 Å². The number of Topliss-reactive ketones (excluding diaryl/α,β-unsaturated/α-hetero) is 1. The molecule has 118 valence electrons. The molecule has 0 aliphatic heterocycles. The fourth-order valence-corrected chi connectivity index (χ4v) is 7.10. The van der Waals surface area contributed by atoms with E-state index in [1.54, 1.807) is 0 Å². The van der Waals surface area contributed by atoms with Crippen molar-refractivity contribution in [2.75, 3.05) is 0 Å². The van der Waals surface area contributed by atoms with Crippen LogP contribution in [-0.4, -0.2) is 17.0 Å². The lowest BCUT2D eigenvalue weighted by Gasteiger charge is -2.61. The molecule has 1 N–H and O–H groups in total. The number of rotatable bonds is 0. The Kier molecular flexibility index (Phi) is 3.10. The summed E-state index contributed by atoms with van der Waals surface area (Å²) in [5.41, 5.74) is 0.598. The zero-order chi connectivity index (χ0) is 14.8. The van der Waals surface area contributed by atoms with Crippen molar-refractivity contribution in [3.05, 3.63) is 0 Å². The maximum atomic E-state index is 11.9. The zero-order valence-electron chi connectivity index (χ0n) is 13.6. The minimum Gasteiger partial charge on any atom is -0.392 e. The Balaban J connectivity index is 1.67. The van der Waals surface area contributed by atoms with Crippen LogP contribution in [0.15, 0.2) is 0 Å². The van der Waals surface area contributed by atoms with Crippen LogP contribution in [0.3, 0.4) is 0 Å². The van der Waals surface area contributed by atoms with Crippen molar-refractivity contribution >= 4 is 5.78 Å². The first-order valence-corrected chi connectivity index (χ1v) is 9.15. The molecule has 4 aliphatic carbocycles. The molecular weight excluding hydrogens is 260 g/mol. The predicted molar refractivity (Wildman–Crippen MR) is 82.7 cm³/mol. The molecule has 2 nitrogen and oxygen atoms in total. The van der Waals surface area contributed by atoms with Gasteiger partial charge in [0.1, 0.15) is 5.78 Å². The van der Waals surface area contributed by atoms with Gasteiger partial charge < -0.3 is 5.11 Å². The molecule has 0 aromatic heterocycles. The second-order valence-corrected chi connectivity index (χ2v) is 9.06. The van der Waals surface area contributed by atoms with Gasteiger partial charge in [-0.2, -0.15) is 0 Å². The van der Waals surface area contributed by atoms with Crippen LogP contribution < -0.4 is 0 Å². The molecule has 7 atom stereocenters. The molecule has 4 fully saturated rings. The van der Waals surface area contributed by atoms with Gasteiger partial charge in [-0.05, 0) is 67.6 Å². The molecular formula is C19H30O2. The zero-order valence-corrected chi connectivity index (χ0v) is 13.6. The van der Waals surface area contributed by atoms with E-state index >= 15 is 0 Å². The van der Waals surface area contributed by atoms with Crippen LogP contribution in [0.5, 0.6) is 0 Å². The number of carbonyl (C=O) groups excluding carboxylic acids is 1. The highest BCUT2D eigenvalue weighted by Crippen LogP contribution is 2.65. The number of hydrogen-bond acceptors (Lipinski definition) is 2. The summed E-state index contributed by atoms with van der Waals surface area (Å²) in [6.45, 7) is 4.85. The fraction of sp³-hybridized carbons (Fsp3) is 0.947. The third-order valence-corrected chi connectivity index (χ3v) is 8.36. The molecule has 2 heteroatoms. The molecule has 0 spiro atoms. The first-order valence-electron chi connectivity index (χ1n) is 9.15. The van der Waals surface area contributed by atoms with E-state index in [9.17, 15) is 9.90 Å². The smallest absolute Gasteiger partial charge is 0.135 e. The lowest BCUT2D eigenvalue weighted by Crippen LogP contribution is -2.58. The summed E-state index contributed by atoms with van der Waals surface area (Å²) in [5.74, 6) is 3.11. The van der Waals surface area contributed by atoms with Crippen LogP contribution in [0, 0.1) is 34.5 Å². The van der Waals surface area contributed by atoms with Crippen LogP contribution in [0.2, 0.25) is 0 Å². The van der Waals surface area contributed by atoms with Crippen LogP contribution in [0.1, 0.15) is 71.6 Å². The quantitative estimate of drug-likeness (QED) is 0.733. The molecule has 0 radical (unpaired) electrons. The average molecular weight is 290 g/mol. The van der Waals surface area contributed by atoms with E-state index in [2.05, 4.69) is 13.8 Å². The highest BCUT2D eigenvalue weighted by Gasteiger charge is 2.60. The van der Waals surface area contributed by atoms with Crippen molar-refractivity contribution in [3.8, 4) is 0 Å². The lowest BCUT2D eigenvalue weighted by atomic mass is 9.44. The largest absolute Gasteiger partial charge is 0.392 e. The standard InChI is InChI=1S/C19H30O2/c1-18-8-3-4-15(18)14-6-5-12-10-13(20)11-17(21)19(12,2)16(14)7-9-18/h12,14-17,21H,3-11H2,1-2H3/t12-,14-,15-,16-,17?,18-,19-/m0/s1. The highest BCUT2D eigenvalue weighted by molar-refractivity contribution is 5.80. The Labute approximate surface area is 128 Å². The van der Waals surface area contributed by atoms with Gasteiger partial charge in [-0.1, -0.05) is 20.3 Å². The Bertz CT molecular complexity index is 458. The summed E-state index contributed by atoms with van der Waals surface area (Å²) < 4.78 is 0. The van der Waals surface area contributed by atoms with Gasteiger partial charge in [0.15, 0.2) is 0 Å². The van der Waals surface area contributed by atoms with Crippen LogP contribution in [0.25, 0.3) is 0 Å². The molecule has 0 aromatic carbocycles. The molecule has 4 aliphatic rings. The normalized spacial score (nSPS) is 56.5. The number of hydrogen-bond donors (Lipinski definition) is 1. The maximum Gasteiger partial charge on any atom is 0.135 e.